The lowest BCUT2D eigenvalue weighted by Crippen LogP contribution is -2.40. The van der Waals surface area contributed by atoms with Crippen molar-refractivity contribution >= 4 is 29.5 Å². The van der Waals surface area contributed by atoms with Crippen LogP contribution < -0.4 is 0 Å². The van der Waals surface area contributed by atoms with Crippen molar-refractivity contribution in [3.05, 3.63) is 0 Å². The first-order valence-electron chi connectivity index (χ1n) is 4.36. The molecule has 0 amide bonds. The minimum Gasteiger partial charge on any atom is -0.324 e. The fourth-order valence-electron chi connectivity index (χ4n) is 0.968. The van der Waals surface area contributed by atoms with Crippen molar-refractivity contribution in [2.75, 3.05) is 18.4 Å². The molecule has 0 aromatic rings. The predicted molar refractivity (Wildman–Crippen MR) is 52.5 cm³/mol. The monoisotopic (exact) mass is 258 g/mol. The first-order valence-corrected chi connectivity index (χ1v) is 5.43. The Morgan fingerprint density at radius 3 is 2.53 bits per heavy atom. The van der Waals surface area contributed by atoms with E-state index in [1.54, 1.807) is 6.92 Å². The normalized spacial score (nSPS) is 35.7. The standard InChI is InChI=1S/C8H12Cl2O5/c1-7(5-9)13-8(6-10,15-14-7)12-4-2-3-11/h3H,2,4-6H2,1H3/t7-,8-/m1/s1. The summed E-state index contributed by atoms with van der Waals surface area (Å²) in [6, 6.07) is 0. The Morgan fingerprint density at radius 2 is 2.07 bits per heavy atom. The van der Waals surface area contributed by atoms with Gasteiger partial charge >= 0.3 is 5.97 Å². The van der Waals surface area contributed by atoms with Gasteiger partial charge in [0.2, 0.25) is 5.79 Å². The second-order valence-electron chi connectivity index (χ2n) is 3.16. The average molecular weight is 259 g/mol. The van der Waals surface area contributed by atoms with E-state index in [-0.39, 0.29) is 24.8 Å². The maximum absolute atomic E-state index is 10.1. The lowest BCUT2D eigenvalue weighted by molar-refractivity contribution is -0.406. The summed E-state index contributed by atoms with van der Waals surface area (Å²) in [6.07, 6.45) is 0.946. The quantitative estimate of drug-likeness (QED) is 0.312. The SMILES string of the molecule is C[C@]1(CCl)OO[C@](CCl)(OCCC=O)O1. The molecule has 0 aliphatic carbocycles. The van der Waals surface area contributed by atoms with Crippen LogP contribution in [-0.2, 0) is 24.0 Å². The van der Waals surface area contributed by atoms with Crippen LogP contribution >= 0.6 is 23.2 Å². The van der Waals surface area contributed by atoms with Gasteiger partial charge in [0.15, 0.2) is 0 Å². The molecule has 0 bridgehead atoms. The van der Waals surface area contributed by atoms with Gasteiger partial charge in [-0.05, 0) is 6.92 Å². The van der Waals surface area contributed by atoms with E-state index in [0.717, 1.165) is 6.29 Å². The van der Waals surface area contributed by atoms with Crippen molar-refractivity contribution in [1.29, 1.82) is 0 Å². The average Bonchev–Trinajstić information content (AvgIpc) is 2.59. The number of aldehydes is 1. The van der Waals surface area contributed by atoms with Crippen LogP contribution in [0.4, 0.5) is 0 Å². The molecule has 1 heterocycles. The molecule has 0 saturated carbocycles. The van der Waals surface area contributed by atoms with Gasteiger partial charge in [0.25, 0.3) is 0 Å². The topological polar surface area (TPSA) is 54.0 Å². The zero-order valence-electron chi connectivity index (χ0n) is 8.20. The Bertz CT molecular complexity index is 227. The van der Waals surface area contributed by atoms with Crippen LogP contribution in [0.3, 0.4) is 0 Å². The summed E-state index contributed by atoms with van der Waals surface area (Å²) in [4.78, 5) is 19.8. The summed E-state index contributed by atoms with van der Waals surface area (Å²) in [6.45, 7) is 1.73. The van der Waals surface area contributed by atoms with Crippen molar-refractivity contribution in [2.24, 2.45) is 0 Å². The molecule has 1 fully saturated rings. The second-order valence-corrected chi connectivity index (χ2v) is 3.69. The van der Waals surface area contributed by atoms with E-state index >= 15 is 0 Å². The summed E-state index contributed by atoms with van der Waals surface area (Å²) in [5.41, 5.74) is 0. The van der Waals surface area contributed by atoms with Gasteiger partial charge in [-0.15, -0.1) is 23.2 Å². The molecule has 15 heavy (non-hydrogen) atoms. The second kappa shape index (κ2) is 5.43. The van der Waals surface area contributed by atoms with E-state index in [9.17, 15) is 4.79 Å². The number of carbonyl (C=O) groups is 1. The van der Waals surface area contributed by atoms with E-state index in [1.165, 1.54) is 0 Å². The van der Waals surface area contributed by atoms with Crippen LogP contribution in [-0.4, -0.2) is 36.4 Å². The van der Waals surface area contributed by atoms with E-state index in [2.05, 4.69) is 0 Å². The number of ether oxygens (including phenoxy) is 2. The predicted octanol–water partition coefficient (Wildman–Crippen LogP) is 1.42. The summed E-state index contributed by atoms with van der Waals surface area (Å²) < 4.78 is 10.5. The van der Waals surface area contributed by atoms with Crippen molar-refractivity contribution < 1.29 is 24.0 Å². The highest BCUT2D eigenvalue weighted by Crippen LogP contribution is 2.35. The third-order valence-corrected chi connectivity index (χ3v) is 2.49. The molecule has 0 unspecified atom stereocenters. The number of rotatable bonds is 6. The van der Waals surface area contributed by atoms with E-state index in [4.69, 9.17) is 42.5 Å². The molecule has 0 aromatic carbocycles. The summed E-state index contributed by atoms with van der Waals surface area (Å²) in [7, 11) is 0. The Labute approximate surface area is 97.4 Å². The minimum atomic E-state index is -1.48. The van der Waals surface area contributed by atoms with Crippen LogP contribution in [0.2, 0.25) is 0 Å². The minimum absolute atomic E-state index is 0.0721. The number of hydrogen-bond donors (Lipinski definition) is 0. The highest BCUT2D eigenvalue weighted by atomic mass is 35.5. The molecule has 7 heteroatoms. The smallest absolute Gasteiger partial charge is 0.324 e. The zero-order chi connectivity index (χ0) is 11.4. The van der Waals surface area contributed by atoms with Crippen LogP contribution in [0.5, 0.6) is 0 Å². The number of alkyl halides is 2. The fraction of sp³-hybridized carbons (Fsp3) is 0.875. The fourth-order valence-corrected chi connectivity index (χ4v) is 1.24. The van der Waals surface area contributed by atoms with Gasteiger partial charge in [0, 0.05) is 6.42 Å². The molecule has 1 aliphatic rings. The third kappa shape index (κ3) is 3.27. The molecule has 0 aromatic heterocycles. The highest BCUT2D eigenvalue weighted by Gasteiger charge is 2.51. The number of hydrogen-bond acceptors (Lipinski definition) is 5. The number of carbonyl (C=O) groups excluding carboxylic acids is 1. The zero-order valence-corrected chi connectivity index (χ0v) is 9.71. The van der Waals surface area contributed by atoms with Crippen LogP contribution in [0.25, 0.3) is 0 Å². The lowest BCUT2D eigenvalue weighted by Gasteiger charge is -2.23. The highest BCUT2D eigenvalue weighted by molar-refractivity contribution is 6.18. The Hall–Kier alpha value is 0.0900. The maximum Gasteiger partial charge on any atom is 0.328 e. The molecule has 5 nitrogen and oxygen atoms in total. The van der Waals surface area contributed by atoms with Crippen LogP contribution in [0.1, 0.15) is 13.3 Å². The molecule has 0 spiro atoms. The van der Waals surface area contributed by atoms with E-state index in [1.807, 2.05) is 0 Å². The van der Waals surface area contributed by atoms with E-state index in [0.29, 0.717) is 0 Å². The van der Waals surface area contributed by atoms with Crippen LogP contribution in [0.15, 0.2) is 0 Å². The first kappa shape index (κ1) is 13.2. The van der Waals surface area contributed by atoms with Gasteiger partial charge in [-0.25, -0.2) is 0 Å². The van der Waals surface area contributed by atoms with Crippen molar-refractivity contribution in [1.82, 2.24) is 0 Å². The van der Waals surface area contributed by atoms with Crippen molar-refractivity contribution in [3.63, 3.8) is 0 Å². The van der Waals surface area contributed by atoms with Crippen molar-refractivity contribution in [2.45, 2.75) is 25.1 Å². The first-order chi connectivity index (χ1) is 7.10. The molecule has 1 aliphatic heterocycles. The van der Waals surface area contributed by atoms with Gasteiger partial charge < -0.3 is 9.53 Å². The summed E-state index contributed by atoms with van der Waals surface area (Å²) in [5, 5.41) is 0. The van der Waals surface area contributed by atoms with Gasteiger partial charge in [-0.3, -0.25) is 4.74 Å². The lowest BCUT2D eigenvalue weighted by atomic mass is 10.4. The van der Waals surface area contributed by atoms with Gasteiger partial charge in [0.05, 0.1) is 12.5 Å². The molecule has 88 valence electrons. The molecule has 0 radical (unpaired) electrons. The maximum atomic E-state index is 10.1. The molecule has 1 saturated heterocycles. The molecule has 2 atom stereocenters. The Morgan fingerprint density at radius 1 is 1.33 bits per heavy atom. The molecule has 1 rings (SSSR count). The Kier molecular flexibility index (Phi) is 4.76. The van der Waals surface area contributed by atoms with Gasteiger partial charge in [-0.1, -0.05) is 0 Å². The van der Waals surface area contributed by atoms with Gasteiger partial charge in [-0.2, -0.15) is 9.78 Å². The summed E-state index contributed by atoms with van der Waals surface area (Å²) in [5.74, 6) is -2.58. The van der Waals surface area contributed by atoms with Gasteiger partial charge in [0.1, 0.15) is 12.2 Å². The summed E-state index contributed by atoms with van der Waals surface area (Å²) >= 11 is 11.3. The molecular formula is C8H12Cl2O5. The largest absolute Gasteiger partial charge is 0.328 e. The third-order valence-electron chi connectivity index (χ3n) is 1.68. The number of halogens is 2. The van der Waals surface area contributed by atoms with Crippen molar-refractivity contribution in [3.8, 4) is 0 Å². The Balaban J connectivity index is 2.52. The molecule has 0 N–H and O–H groups in total. The molecular weight excluding hydrogens is 247 g/mol. The van der Waals surface area contributed by atoms with E-state index < -0.39 is 11.8 Å². The van der Waals surface area contributed by atoms with Crippen LogP contribution in [0, 0.1) is 0 Å².